The topological polar surface area (TPSA) is 69.0 Å². The average Bonchev–Trinajstić information content (AvgIpc) is 2.39. The van der Waals surface area contributed by atoms with E-state index in [4.69, 9.17) is 17.1 Å². The number of hydrogen-bond donors (Lipinski definition) is 1. The number of aliphatic hydroxyl groups is 1. The molecule has 1 saturated carbocycles. The molecule has 2 rings (SSSR count). The van der Waals surface area contributed by atoms with Gasteiger partial charge in [-0.05, 0) is 48.9 Å². The van der Waals surface area contributed by atoms with E-state index in [9.17, 15) is 9.50 Å². The van der Waals surface area contributed by atoms with Crippen molar-refractivity contribution >= 4 is 11.6 Å². The second-order valence-corrected chi connectivity index (χ2v) is 5.38. The maximum absolute atomic E-state index is 13.2. The zero-order valence-electron chi connectivity index (χ0n) is 10.3. The predicted molar refractivity (Wildman–Crippen MR) is 71.7 cm³/mol. The van der Waals surface area contributed by atoms with Gasteiger partial charge in [0, 0.05) is 9.93 Å². The van der Waals surface area contributed by atoms with Gasteiger partial charge in [0.05, 0.1) is 11.6 Å². The molecule has 102 valence electrons. The van der Waals surface area contributed by atoms with Gasteiger partial charge in [0.15, 0.2) is 0 Å². The fraction of sp³-hybridized carbons (Fsp3) is 0.538. The molecule has 1 aromatic carbocycles. The Morgan fingerprint density at radius 1 is 1.47 bits per heavy atom. The Labute approximate surface area is 115 Å². The molecule has 0 amide bonds. The standard InChI is InChI=1S/C13H15ClFN3O/c14-10-3-1-2-9(8-10)12(17-18-16)13(19)6-4-11(15)5-7-13/h1-3,8,11-12,19H,4-7H2/t11?,12-,13?/m0/s1. The lowest BCUT2D eigenvalue weighted by atomic mass is 9.76. The normalized spacial score (nSPS) is 28.5. The quantitative estimate of drug-likeness (QED) is 0.500. The number of hydrogen-bond acceptors (Lipinski definition) is 2. The molecular weight excluding hydrogens is 269 g/mol. The van der Waals surface area contributed by atoms with Crippen LogP contribution in [0.25, 0.3) is 10.4 Å². The number of halogens is 2. The molecule has 1 fully saturated rings. The van der Waals surface area contributed by atoms with E-state index in [1.165, 1.54) is 0 Å². The monoisotopic (exact) mass is 283 g/mol. The highest BCUT2D eigenvalue weighted by Gasteiger charge is 2.40. The van der Waals surface area contributed by atoms with Crippen molar-refractivity contribution in [2.75, 3.05) is 0 Å². The van der Waals surface area contributed by atoms with Crippen LogP contribution in [0.2, 0.25) is 5.02 Å². The summed E-state index contributed by atoms with van der Waals surface area (Å²) in [4.78, 5) is 2.81. The van der Waals surface area contributed by atoms with E-state index in [1.807, 2.05) is 0 Å². The fourth-order valence-corrected chi connectivity index (χ4v) is 2.77. The van der Waals surface area contributed by atoms with Crippen LogP contribution in [-0.2, 0) is 0 Å². The van der Waals surface area contributed by atoms with Crippen LogP contribution in [0, 0.1) is 0 Å². The van der Waals surface area contributed by atoms with Crippen LogP contribution >= 0.6 is 11.6 Å². The summed E-state index contributed by atoms with van der Waals surface area (Å²) in [6.07, 6.45) is 0.254. The third-order valence-electron chi connectivity index (χ3n) is 3.62. The molecule has 0 saturated heterocycles. The maximum atomic E-state index is 13.2. The summed E-state index contributed by atoms with van der Waals surface area (Å²) < 4.78 is 13.2. The first-order valence-electron chi connectivity index (χ1n) is 6.21. The summed E-state index contributed by atoms with van der Waals surface area (Å²) in [5.74, 6) is 0. The Bertz CT molecular complexity index is 496. The van der Waals surface area contributed by atoms with Crippen molar-refractivity contribution in [3.8, 4) is 0 Å². The maximum Gasteiger partial charge on any atom is 0.100 e. The van der Waals surface area contributed by atoms with Crippen molar-refractivity contribution in [2.24, 2.45) is 5.11 Å². The molecule has 1 aromatic rings. The molecule has 1 N–H and O–H groups in total. The summed E-state index contributed by atoms with van der Waals surface area (Å²) >= 11 is 5.92. The van der Waals surface area contributed by atoms with Crippen LogP contribution in [0.1, 0.15) is 37.3 Å². The van der Waals surface area contributed by atoms with E-state index in [2.05, 4.69) is 10.0 Å². The van der Waals surface area contributed by atoms with E-state index in [0.717, 1.165) is 0 Å². The summed E-state index contributed by atoms with van der Waals surface area (Å²) in [6.45, 7) is 0. The van der Waals surface area contributed by atoms with Crippen LogP contribution in [0.4, 0.5) is 4.39 Å². The van der Waals surface area contributed by atoms with Crippen LogP contribution in [0.15, 0.2) is 29.4 Å². The molecule has 0 aliphatic heterocycles. The Morgan fingerprint density at radius 3 is 2.74 bits per heavy atom. The highest BCUT2D eigenvalue weighted by atomic mass is 35.5. The van der Waals surface area contributed by atoms with E-state index in [1.54, 1.807) is 24.3 Å². The minimum absolute atomic E-state index is 0.282. The smallest absolute Gasteiger partial charge is 0.100 e. The molecule has 0 bridgehead atoms. The van der Waals surface area contributed by atoms with Crippen LogP contribution in [0.3, 0.4) is 0 Å². The van der Waals surface area contributed by atoms with Crippen LogP contribution < -0.4 is 0 Å². The molecule has 1 aliphatic carbocycles. The van der Waals surface area contributed by atoms with Gasteiger partial charge in [-0.2, -0.15) is 0 Å². The van der Waals surface area contributed by atoms with Gasteiger partial charge in [-0.15, -0.1) is 0 Å². The second-order valence-electron chi connectivity index (χ2n) is 4.94. The summed E-state index contributed by atoms with van der Waals surface area (Å²) in [5.41, 5.74) is 8.17. The summed E-state index contributed by atoms with van der Waals surface area (Å²) in [7, 11) is 0. The van der Waals surface area contributed by atoms with Gasteiger partial charge in [0.25, 0.3) is 0 Å². The van der Waals surface area contributed by atoms with Crippen molar-refractivity contribution in [1.82, 2.24) is 0 Å². The van der Waals surface area contributed by atoms with Gasteiger partial charge in [0.1, 0.15) is 6.17 Å². The molecule has 6 heteroatoms. The lowest BCUT2D eigenvalue weighted by Crippen LogP contribution is -2.39. The first kappa shape index (κ1) is 14.1. The fourth-order valence-electron chi connectivity index (χ4n) is 2.57. The SMILES string of the molecule is [N-]=[N+]=N[C@@H](c1cccc(Cl)c1)C1(O)CCC(F)CC1. The lowest BCUT2D eigenvalue weighted by molar-refractivity contribution is -0.0361. The molecule has 0 aromatic heterocycles. The third-order valence-corrected chi connectivity index (χ3v) is 3.86. The van der Waals surface area contributed by atoms with E-state index < -0.39 is 17.8 Å². The Hall–Kier alpha value is -1.29. The lowest BCUT2D eigenvalue weighted by Gasteiger charge is -2.38. The van der Waals surface area contributed by atoms with Crippen molar-refractivity contribution in [3.63, 3.8) is 0 Å². The molecule has 0 unspecified atom stereocenters. The molecule has 0 heterocycles. The Balaban J connectivity index is 2.32. The molecule has 19 heavy (non-hydrogen) atoms. The molecule has 0 spiro atoms. The molecule has 1 aliphatic rings. The Morgan fingerprint density at radius 2 is 2.16 bits per heavy atom. The van der Waals surface area contributed by atoms with Crippen LogP contribution in [0.5, 0.6) is 0 Å². The van der Waals surface area contributed by atoms with E-state index in [-0.39, 0.29) is 25.7 Å². The van der Waals surface area contributed by atoms with Gasteiger partial charge >= 0.3 is 0 Å². The molecule has 0 radical (unpaired) electrons. The van der Waals surface area contributed by atoms with Crippen molar-refractivity contribution in [3.05, 3.63) is 45.3 Å². The van der Waals surface area contributed by atoms with E-state index >= 15 is 0 Å². The van der Waals surface area contributed by atoms with E-state index in [0.29, 0.717) is 10.6 Å². The highest BCUT2D eigenvalue weighted by Crippen LogP contribution is 2.42. The first-order chi connectivity index (χ1) is 9.05. The second kappa shape index (κ2) is 5.78. The van der Waals surface area contributed by atoms with Gasteiger partial charge < -0.3 is 5.11 Å². The van der Waals surface area contributed by atoms with Crippen LogP contribution in [-0.4, -0.2) is 16.9 Å². The number of rotatable bonds is 3. The predicted octanol–water partition coefficient (Wildman–Crippen LogP) is 4.33. The van der Waals surface area contributed by atoms with Gasteiger partial charge in [-0.3, -0.25) is 0 Å². The number of benzene rings is 1. The average molecular weight is 284 g/mol. The highest BCUT2D eigenvalue weighted by molar-refractivity contribution is 6.30. The minimum atomic E-state index is -1.19. The van der Waals surface area contributed by atoms with Gasteiger partial charge in [-0.25, -0.2) is 4.39 Å². The largest absolute Gasteiger partial charge is 0.389 e. The van der Waals surface area contributed by atoms with Crippen molar-refractivity contribution in [2.45, 2.75) is 43.5 Å². The zero-order valence-corrected chi connectivity index (χ0v) is 11.1. The number of alkyl halides is 1. The van der Waals surface area contributed by atoms with Gasteiger partial charge in [0.2, 0.25) is 0 Å². The first-order valence-corrected chi connectivity index (χ1v) is 6.59. The minimum Gasteiger partial charge on any atom is -0.389 e. The summed E-state index contributed by atoms with van der Waals surface area (Å²) in [6, 6.07) is 6.14. The molecule has 4 nitrogen and oxygen atoms in total. The number of nitrogens with zero attached hydrogens (tertiary/aromatic N) is 3. The molecule has 1 atom stereocenters. The van der Waals surface area contributed by atoms with Crippen molar-refractivity contribution in [1.29, 1.82) is 0 Å². The summed E-state index contributed by atoms with van der Waals surface area (Å²) in [5, 5.41) is 14.9. The van der Waals surface area contributed by atoms with Crippen molar-refractivity contribution < 1.29 is 9.50 Å². The molecular formula is C13H15ClFN3O. The zero-order chi connectivity index (χ0) is 13.9. The Kier molecular flexibility index (Phi) is 4.30. The third kappa shape index (κ3) is 3.18. The number of azide groups is 1. The van der Waals surface area contributed by atoms with Gasteiger partial charge in [-0.1, -0.05) is 28.8 Å².